The minimum absolute atomic E-state index is 0.194. The Hall–Kier alpha value is -1.20. The Morgan fingerprint density at radius 2 is 2.24 bits per heavy atom. The molecular formula is C12H16N2O2S. The van der Waals surface area contributed by atoms with Crippen molar-refractivity contribution < 1.29 is 4.92 Å². The Morgan fingerprint density at radius 3 is 2.88 bits per heavy atom. The first-order valence-corrected chi connectivity index (χ1v) is 6.60. The third kappa shape index (κ3) is 3.38. The molecule has 0 aliphatic carbocycles. The number of nitro groups is 1. The van der Waals surface area contributed by atoms with E-state index in [-0.39, 0.29) is 10.6 Å². The summed E-state index contributed by atoms with van der Waals surface area (Å²) in [4.78, 5) is 14.9. The van der Waals surface area contributed by atoms with Crippen LogP contribution in [0.15, 0.2) is 17.8 Å². The molecule has 1 saturated heterocycles. The van der Waals surface area contributed by atoms with E-state index in [1.807, 2.05) is 6.07 Å². The minimum Gasteiger partial charge on any atom is -0.298 e. The Balaban J connectivity index is 2.00. The summed E-state index contributed by atoms with van der Waals surface area (Å²) >= 11 is 1.64. The van der Waals surface area contributed by atoms with Crippen LogP contribution in [0.3, 0.4) is 0 Å². The average Bonchev–Trinajstić information content (AvgIpc) is 2.91. The predicted octanol–water partition coefficient (Wildman–Crippen LogP) is 2.98. The van der Waals surface area contributed by atoms with E-state index in [4.69, 9.17) is 0 Å². The zero-order valence-corrected chi connectivity index (χ0v) is 10.7. The van der Waals surface area contributed by atoms with Gasteiger partial charge in [-0.05, 0) is 38.1 Å². The van der Waals surface area contributed by atoms with Gasteiger partial charge in [-0.15, -0.1) is 11.3 Å². The van der Waals surface area contributed by atoms with Crippen LogP contribution in [0.2, 0.25) is 0 Å². The van der Waals surface area contributed by atoms with E-state index in [2.05, 4.69) is 11.0 Å². The maximum Gasteiger partial charge on any atom is 0.244 e. The molecule has 1 aliphatic rings. The van der Waals surface area contributed by atoms with E-state index in [0.717, 1.165) is 11.4 Å². The van der Waals surface area contributed by atoms with Gasteiger partial charge in [0.15, 0.2) is 0 Å². The maximum absolute atomic E-state index is 10.5. The fourth-order valence-electron chi connectivity index (χ4n) is 1.98. The van der Waals surface area contributed by atoms with Crippen molar-refractivity contribution in [3.05, 3.63) is 37.7 Å². The van der Waals surface area contributed by atoms with Crippen molar-refractivity contribution in [2.75, 3.05) is 13.1 Å². The molecule has 0 spiro atoms. The molecule has 0 atom stereocenters. The largest absolute Gasteiger partial charge is 0.298 e. The standard InChI is InChI=1S/C12H16N2O2S/c1-10(14(15)16)8-11-4-5-12(17-11)9-13-6-2-3-7-13/h4-5,8H,2-3,6-7,9H2,1H3/b10-8+. The van der Waals surface area contributed by atoms with Crippen molar-refractivity contribution >= 4 is 17.4 Å². The summed E-state index contributed by atoms with van der Waals surface area (Å²) in [6, 6.07) is 4.03. The monoisotopic (exact) mass is 252 g/mol. The fraction of sp³-hybridized carbons (Fsp3) is 0.500. The number of nitrogens with zero attached hydrogens (tertiary/aromatic N) is 2. The molecule has 0 bridgehead atoms. The highest BCUT2D eigenvalue weighted by Gasteiger charge is 2.13. The smallest absolute Gasteiger partial charge is 0.244 e. The highest BCUT2D eigenvalue weighted by molar-refractivity contribution is 7.12. The first-order chi connectivity index (χ1) is 8.15. The summed E-state index contributed by atoms with van der Waals surface area (Å²) in [5, 5.41) is 10.5. The van der Waals surface area contributed by atoms with Crippen molar-refractivity contribution in [2.24, 2.45) is 0 Å². The lowest BCUT2D eigenvalue weighted by Gasteiger charge is -2.12. The van der Waals surface area contributed by atoms with Crippen LogP contribution < -0.4 is 0 Å². The van der Waals surface area contributed by atoms with Crippen molar-refractivity contribution in [3.63, 3.8) is 0 Å². The lowest BCUT2D eigenvalue weighted by atomic mass is 10.3. The number of likely N-dealkylation sites (tertiary alicyclic amines) is 1. The summed E-state index contributed by atoms with van der Waals surface area (Å²) in [6.45, 7) is 4.86. The second-order valence-electron chi connectivity index (χ2n) is 4.33. The van der Waals surface area contributed by atoms with Gasteiger partial charge < -0.3 is 0 Å². The molecule has 1 aliphatic heterocycles. The Morgan fingerprint density at radius 1 is 1.53 bits per heavy atom. The molecule has 1 aromatic heterocycles. The van der Waals surface area contributed by atoms with Crippen LogP contribution in [-0.4, -0.2) is 22.9 Å². The van der Waals surface area contributed by atoms with Crippen LogP contribution in [-0.2, 0) is 6.54 Å². The van der Waals surface area contributed by atoms with E-state index in [1.165, 1.54) is 37.7 Å². The Bertz CT molecular complexity index is 433. The number of allylic oxidation sites excluding steroid dienone is 1. The van der Waals surface area contributed by atoms with Gasteiger partial charge in [-0.25, -0.2) is 0 Å². The lowest BCUT2D eigenvalue weighted by molar-refractivity contribution is -0.422. The molecule has 17 heavy (non-hydrogen) atoms. The minimum atomic E-state index is -0.347. The second kappa shape index (κ2) is 5.42. The van der Waals surface area contributed by atoms with Gasteiger partial charge in [-0.1, -0.05) is 0 Å². The molecule has 92 valence electrons. The number of thiophene rings is 1. The molecular weight excluding hydrogens is 236 g/mol. The summed E-state index contributed by atoms with van der Waals surface area (Å²) in [5.74, 6) is 0. The van der Waals surface area contributed by atoms with Crippen molar-refractivity contribution in [1.82, 2.24) is 4.90 Å². The van der Waals surface area contributed by atoms with Crippen LogP contribution in [0.4, 0.5) is 0 Å². The van der Waals surface area contributed by atoms with Crippen molar-refractivity contribution in [2.45, 2.75) is 26.3 Å². The van der Waals surface area contributed by atoms with Gasteiger partial charge in [-0.3, -0.25) is 15.0 Å². The van der Waals surface area contributed by atoms with Crippen LogP contribution >= 0.6 is 11.3 Å². The quantitative estimate of drug-likeness (QED) is 0.611. The fourth-order valence-corrected chi connectivity index (χ4v) is 3.03. The van der Waals surface area contributed by atoms with Gasteiger partial charge in [-0.2, -0.15) is 0 Å². The van der Waals surface area contributed by atoms with Gasteiger partial charge in [0.05, 0.1) is 4.92 Å². The Labute approximate surface area is 105 Å². The average molecular weight is 252 g/mol. The molecule has 0 saturated carbocycles. The van der Waals surface area contributed by atoms with Crippen LogP contribution in [0.5, 0.6) is 0 Å². The molecule has 1 aromatic rings. The summed E-state index contributed by atoms with van der Waals surface area (Å²) in [6.07, 6.45) is 4.22. The molecule has 2 rings (SSSR count). The van der Waals surface area contributed by atoms with Gasteiger partial charge in [0.1, 0.15) is 0 Å². The number of rotatable bonds is 4. The molecule has 4 nitrogen and oxygen atoms in total. The third-order valence-electron chi connectivity index (χ3n) is 2.90. The normalized spacial score (nSPS) is 17.6. The molecule has 0 N–H and O–H groups in total. The maximum atomic E-state index is 10.5. The third-order valence-corrected chi connectivity index (χ3v) is 3.92. The summed E-state index contributed by atoms with van der Waals surface area (Å²) < 4.78 is 0. The lowest BCUT2D eigenvalue weighted by Crippen LogP contribution is -2.17. The second-order valence-corrected chi connectivity index (χ2v) is 5.53. The van der Waals surface area contributed by atoms with Crippen molar-refractivity contribution in [1.29, 1.82) is 0 Å². The van der Waals surface area contributed by atoms with E-state index >= 15 is 0 Å². The Kier molecular flexibility index (Phi) is 3.91. The topological polar surface area (TPSA) is 46.4 Å². The van der Waals surface area contributed by atoms with Crippen LogP contribution in [0.1, 0.15) is 29.5 Å². The number of hydrogen-bond donors (Lipinski definition) is 0. The molecule has 5 heteroatoms. The highest BCUT2D eigenvalue weighted by atomic mass is 32.1. The molecule has 1 fully saturated rings. The SMILES string of the molecule is C/C(=C\c1ccc(CN2CCCC2)s1)[N+](=O)[O-]. The van der Waals surface area contributed by atoms with Crippen LogP contribution in [0.25, 0.3) is 6.08 Å². The highest BCUT2D eigenvalue weighted by Crippen LogP contribution is 2.22. The first-order valence-electron chi connectivity index (χ1n) is 5.79. The van der Waals surface area contributed by atoms with Crippen molar-refractivity contribution in [3.8, 4) is 0 Å². The molecule has 0 amide bonds. The van der Waals surface area contributed by atoms with E-state index < -0.39 is 0 Å². The number of hydrogen-bond acceptors (Lipinski definition) is 4. The molecule has 2 heterocycles. The van der Waals surface area contributed by atoms with E-state index in [0.29, 0.717) is 0 Å². The predicted molar refractivity (Wildman–Crippen MR) is 69.5 cm³/mol. The zero-order chi connectivity index (χ0) is 12.3. The zero-order valence-electron chi connectivity index (χ0n) is 9.89. The van der Waals surface area contributed by atoms with Gasteiger partial charge >= 0.3 is 0 Å². The summed E-state index contributed by atoms with van der Waals surface area (Å²) in [5.41, 5.74) is 0.194. The van der Waals surface area contributed by atoms with Gasteiger partial charge in [0.2, 0.25) is 5.70 Å². The van der Waals surface area contributed by atoms with Gasteiger partial charge in [0.25, 0.3) is 0 Å². The van der Waals surface area contributed by atoms with E-state index in [1.54, 1.807) is 17.4 Å². The summed E-state index contributed by atoms with van der Waals surface area (Å²) in [7, 11) is 0. The molecule has 0 unspecified atom stereocenters. The molecule has 0 aromatic carbocycles. The van der Waals surface area contributed by atoms with Gasteiger partial charge in [0, 0.05) is 29.3 Å². The first kappa shape index (κ1) is 12.3. The molecule has 0 radical (unpaired) electrons. The van der Waals surface area contributed by atoms with E-state index in [9.17, 15) is 10.1 Å². The van der Waals surface area contributed by atoms with Crippen LogP contribution in [0, 0.1) is 10.1 Å².